The quantitative estimate of drug-likeness (QED) is 0.0813. The molecule has 0 heterocycles. The molecule has 178 valence electrons. The lowest BCUT2D eigenvalue weighted by Gasteiger charge is -2.15. The first kappa shape index (κ1) is 26.7. The van der Waals surface area contributed by atoms with Crippen LogP contribution in [-0.4, -0.2) is 30.4 Å². The van der Waals surface area contributed by atoms with Crippen LogP contribution in [0.4, 0.5) is 22.0 Å². The number of carbonyl (C=O) groups excluding carboxylic acids is 2. The van der Waals surface area contributed by atoms with E-state index in [2.05, 4.69) is 6.58 Å². The van der Waals surface area contributed by atoms with Crippen LogP contribution in [-0.2, 0) is 19.1 Å². The molecule has 0 N–H and O–H groups in total. The number of hydrogen-bond acceptors (Lipinski definition) is 5. The highest BCUT2D eigenvalue weighted by atomic mass is 35.5. The standard InChI is InChI=1S/C22H18ClF5O4S/c1-9(2)21(29)31-5-6-32-22(30)11(4)33-15-7-12(14(24)8-13(15)23)16-17(25)10(3)18(26)20(28)19(16)27/h7-8,11H,1,5-6H2,2-4H3/t11-/m1/s1. The summed E-state index contributed by atoms with van der Waals surface area (Å²) in [5.74, 6) is -9.60. The van der Waals surface area contributed by atoms with E-state index < -0.39 is 63.0 Å². The zero-order valence-corrected chi connectivity index (χ0v) is 19.2. The Morgan fingerprint density at radius 1 is 1.03 bits per heavy atom. The van der Waals surface area contributed by atoms with Crippen LogP contribution >= 0.6 is 23.4 Å². The summed E-state index contributed by atoms with van der Waals surface area (Å²) in [5, 5.41) is -1.10. The minimum absolute atomic E-state index is 0.0346. The first-order valence-electron chi connectivity index (χ1n) is 9.34. The van der Waals surface area contributed by atoms with Gasteiger partial charge in [0.1, 0.15) is 30.1 Å². The van der Waals surface area contributed by atoms with Crippen molar-refractivity contribution in [1.29, 1.82) is 0 Å². The number of hydrogen-bond donors (Lipinski definition) is 0. The molecule has 0 aromatic heterocycles. The Kier molecular flexibility index (Phi) is 8.90. The summed E-state index contributed by atoms with van der Waals surface area (Å²) >= 11 is 6.78. The van der Waals surface area contributed by atoms with Crippen LogP contribution in [0.25, 0.3) is 11.1 Å². The molecule has 0 aliphatic rings. The SMILES string of the molecule is C=C(C)C(=O)OCCOC(=O)[C@@H](C)Sc1cc(-c2c(F)c(C)c(F)c(F)c2F)c(F)cc1Cl. The number of esters is 2. The Labute approximate surface area is 195 Å². The Hall–Kier alpha value is -2.59. The molecule has 0 fully saturated rings. The van der Waals surface area contributed by atoms with Gasteiger partial charge in [0.15, 0.2) is 17.5 Å². The third-order valence-electron chi connectivity index (χ3n) is 4.32. The fourth-order valence-electron chi connectivity index (χ4n) is 2.55. The van der Waals surface area contributed by atoms with Gasteiger partial charge in [0.25, 0.3) is 0 Å². The number of benzene rings is 2. The summed E-state index contributed by atoms with van der Waals surface area (Å²) in [4.78, 5) is 23.5. The number of ether oxygens (including phenoxy) is 2. The molecule has 0 aliphatic heterocycles. The van der Waals surface area contributed by atoms with E-state index in [1.807, 2.05) is 0 Å². The first-order valence-corrected chi connectivity index (χ1v) is 10.6. The van der Waals surface area contributed by atoms with E-state index in [-0.39, 0.29) is 28.7 Å². The normalized spacial score (nSPS) is 11.8. The van der Waals surface area contributed by atoms with Crippen LogP contribution < -0.4 is 0 Å². The van der Waals surface area contributed by atoms with Crippen molar-refractivity contribution in [2.45, 2.75) is 30.9 Å². The van der Waals surface area contributed by atoms with Crippen molar-refractivity contribution < 1.29 is 41.0 Å². The van der Waals surface area contributed by atoms with E-state index in [1.54, 1.807) is 0 Å². The Bertz CT molecular complexity index is 1090. The highest BCUT2D eigenvalue weighted by molar-refractivity contribution is 8.00. The summed E-state index contributed by atoms with van der Waals surface area (Å²) in [7, 11) is 0. The maximum Gasteiger partial charge on any atom is 0.333 e. The summed E-state index contributed by atoms with van der Waals surface area (Å²) in [6.07, 6.45) is 0. The van der Waals surface area contributed by atoms with Gasteiger partial charge in [0, 0.05) is 21.6 Å². The summed E-state index contributed by atoms with van der Waals surface area (Å²) < 4.78 is 80.5. The van der Waals surface area contributed by atoms with Gasteiger partial charge in [-0.15, -0.1) is 11.8 Å². The molecule has 4 nitrogen and oxygen atoms in total. The Balaban J connectivity index is 2.24. The topological polar surface area (TPSA) is 52.6 Å². The van der Waals surface area contributed by atoms with Crippen molar-refractivity contribution in [3.05, 3.63) is 64.0 Å². The average Bonchev–Trinajstić information content (AvgIpc) is 2.76. The lowest BCUT2D eigenvalue weighted by molar-refractivity contribution is -0.149. The van der Waals surface area contributed by atoms with E-state index in [1.165, 1.54) is 13.8 Å². The van der Waals surface area contributed by atoms with Crippen molar-refractivity contribution >= 4 is 35.3 Å². The Morgan fingerprint density at radius 3 is 2.24 bits per heavy atom. The van der Waals surface area contributed by atoms with Gasteiger partial charge in [-0.1, -0.05) is 18.2 Å². The molecule has 0 radical (unpaired) electrons. The molecule has 11 heteroatoms. The molecule has 33 heavy (non-hydrogen) atoms. The maximum atomic E-state index is 14.5. The molecule has 2 aromatic rings. The van der Waals surface area contributed by atoms with Gasteiger partial charge in [-0.05, 0) is 32.9 Å². The zero-order valence-electron chi connectivity index (χ0n) is 17.7. The minimum Gasteiger partial charge on any atom is -0.461 e. The van der Waals surface area contributed by atoms with Gasteiger partial charge in [0.2, 0.25) is 0 Å². The fraction of sp³-hybridized carbons (Fsp3) is 0.273. The monoisotopic (exact) mass is 508 g/mol. The molecule has 0 saturated carbocycles. The van der Waals surface area contributed by atoms with Crippen LogP contribution in [0.1, 0.15) is 19.4 Å². The maximum absolute atomic E-state index is 14.5. The van der Waals surface area contributed by atoms with Gasteiger partial charge in [0.05, 0.1) is 10.6 Å². The van der Waals surface area contributed by atoms with Gasteiger partial charge in [-0.25, -0.2) is 26.7 Å². The van der Waals surface area contributed by atoms with E-state index >= 15 is 0 Å². The van der Waals surface area contributed by atoms with Crippen LogP contribution in [0.5, 0.6) is 0 Å². The minimum atomic E-state index is -1.95. The van der Waals surface area contributed by atoms with Gasteiger partial charge in [-0.3, -0.25) is 4.79 Å². The van der Waals surface area contributed by atoms with Crippen molar-refractivity contribution in [3.8, 4) is 11.1 Å². The second kappa shape index (κ2) is 11.0. The van der Waals surface area contributed by atoms with Gasteiger partial charge >= 0.3 is 11.9 Å². The predicted octanol–water partition coefficient (Wildman–Crippen LogP) is 6.15. The third kappa shape index (κ3) is 6.05. The molecule has 0 spiro atoms. The summed E-state index contributed by atoms with van der Waals surface area (Å²) in [6.45, 7) is 6.71. The van der Waals surface area contributed by atoms with Crippen molar-refractivity contribution in [2.75, 3.05) is 13.2 Å². The number of halogens is 6. The molecule has 0 amide bonds. The second-order valence-electron chi connectivity index (χ2n) is 6.86. The Morgan fingerprint density at radius 2 is 1.64 bits per heavy atom. The average molecular weight is 509 g/mol. The van der Waals surface area contributed by atoms with E-state index in [0.29, 0.717) is 0 Å². The number of carbonyl (C=O) groups is 2. The van der Waals surface area contributed by atoms with Crippen molar-refractivity contribution in [3.63, 3.8) is 0 Å². The van der Waals surface area contributed by atoms with E-state index in [4.69, 9.17) is 21.1 Å². The van der Waals surface area contributed by atoms with E-state index in [0.717, 1.165) is 30.8 Å². The predicted molar refractivity (Wildman–Crippen MR) is 113 cm³/mol. The highest BCUT2D eigenvalue weighted by Crippen LogP contribution is 2.39. The van der Waals surface area contributed by atoms with E-state index in [9.17, 15) is 31.5 Å². The van der Waals surface area contributed by atoms with Crippen LogP contribution in [0.3, 0.4) is 0 Å². The molecule has 1 atom stereocenters. The largest absolute Gasteiger partial charge is 0.461 e. The van der Waals surface area contributed by atoms with Crippen molar-refractivity contribution in [1.82, 2.24) is 0 Å². The molecular weight excluding hydrogens is 491 g/mol. The lowest BCUT2D eigenvalue weighted by atomic mass is 10.0. The molecule has 2 aromatic carbocycles. The number of thioether (sulfide) groups is 1. The fourth-order valence-corrected chi connectivity index (χ4v) is 3.74. The second-order valence-corrected chi connectivity index (χ2v) is 8.65. The third-order valence-corrected chi connectivity index (χ3v) is 5.88. The number of rotatable bonds is 8. The summed E-state index contributed by atoms with van der Waals surface area (Å²) in [6, 6.07) is 1.67. The molecule has 0 saturated heterocycles. The van der Waals surface area contributed by atoms with Crippen LogP contribution in [0.2, 0.25) is 5.02 Å². The smallest absolute Gasteiger partial charge is 0.333 e. The van der Waals surface area contributed by atoms with Gasteiger partial charge in [-0.2, -0.15) is 0 Å². The highest BCUT2D eigenvalue weighted by Gasteiger charge is 2.27. The zero-order chi connectivity index (χ0) is 25.0. The van der Waals surface area contributed by atoms with Crippen LogP contribution in [0, 0.1) is 36.0 Å². The molecule has 0 bridgehead atoms. The lowest BCUT2D eigenvalue weighted by Crippen LogP contribution is -2.20. The van der Waals surface area contributed by atoms with Gasteiger partial charge < -0.3 is 9.47 Å². The molecule has 0 unspecified atom stereocenters. The molecule has 2 rings (SSSR count). The first-order chi connectivity index (χ1) is 15.4. The molecular formula is C22H18ClF5O4S. The summed E-state index contributed by atoms with van der Waals surface area (Å²) in [5.41, 5.74) is -2.45. The molecule has 0 aliphatic carbocycles. The van der Waals surface area contributed by atoms with Crippen LogP contribution in [0.15, 0.2) is 29.2 Å². The van der Waals surface area contributed by atoms with Crippen molar-refractivity contribution in [2.24, 2.45) is 0 Å².